The van der Waals surface area contributed by atoms with Gasteiger partial charge < -0.3 is 4.74 Å². The van der Waals surface area contributed by atoms with Crippen LogP contribution in [0.3, 0.4) is 0 Å². The molecule has 0 aliphatic heterocycles. The molecule has 0 bridgehead atoms. The zero-order valence-corrected chi connectivity index (χ0v) is 23.0. The van der Waals surface area contributed by atoms with Crippen molar-refractivity contribution in [2.24, 2.45) is 5.10 Å². The van der Waals surface area contributed by atoms with Crippen LogP contribution in [0.1, 0.15) is 15.9 Å². The summed E-state index contributed by atoms with van der Waals surface area (Å²) in [5.41, 5.74) is 1.13. The van der Waals surface area contributed by atoms with Crippen molar-refractivity contribution in [3.63, 3.8) is 0 Å². The van der Waals surface area contributed by atoms with Gasteiger partial charge in [0.05, 0.1) is 32.1 Å². The fraction of sp³-hybridized carbons (Fsp3) is 0. The number of para-hydroxylation sites is 1. The molecule has 9 nitrogen and oxygen atoms in total. The molecule has 0 radical (unpaired) electrons. The van der Waals surface area contributed by atoms with E-state index in [0.717, 1.165) is 4.68 Å². The number of rotatable bonds is 6. The fourth-order valence-electron chi connectivity index (χ4n) is 3.78. The van der Waals surface area contributed by atoms with Gasteiger partial charge in [0.15, 0.2) is 11.6 Å². The maximum absolute atomic E-state index is 13.5. The molecule has 0 amide bonds. The summed E-state index contributed by atoms with van der Waals surface area (Å²) in [6, 6.07) is 24.4. The molecule has 39 heavy (non-hydrogen) atoms. The summed E-state index contributed by atoms with van der Waals surface area (Å²) in [6.07, 6.45) is 1.38. The van der Waals surface area contributed by atoms with E-state index in [1.54, 1.807) is 66.7 Å². The lowest BCUT2D eigenvalue weighted by Gasteiger charge is -2.12. The van der Waals surface area contributed by atoms with Gasteiger partial charge in [-0.2, -0.15) is 9.78 Å². The first kappa shape index (κ1) is 26.1. The molecule has 0 fully saturated rings. The van der Waals surface area contributed by atoms with Crippen LogP contribution in [0.2, 0.25) is 0 Å². The minimum atomic E-state index is -0.565. The monoisotopic (exact) mass is 646 g/mol. The van der Waals surface area contributed by atoms with Crippen LogP contribution in [-0.2, 0) is 0 Å². The predicted octanol–water partition coefficient (Wildman–Crippen LogP) is 6.60. The number of hydrogen-bond acceptors (Lipinski definition) is 7. The molecule has 5 aromatic rings. The predicted molar refractivity (Wildman–Crippen MR) is 154 cm³/mol. The summed E-state index contributed by atoms with van der Waals surface area (Å²) in [5, 5.41) is 15.9. The standard InChI is InChI=1S/C28H16Br2N4O5/c29-20-14-19(25(23(30)15-20)39-28(36)18-6-2-1-3-7-18)16-31-33-26(17-10-12-21(13-11-17)34(37)38)32-24-9-5-4-8-22(24)27(33)35/h1-16H. The summed E-state index contributed by atoms with van der Waals surface area (Å²) in [6.45, 7) is 0. The summed E-state index contributed by atoms with van der Waals surface area (Å²) in [4.78, 5) is 41.5. The molecule has 4 aromatic carbocycles. The Hall–Kier alpha value is -4.48. The highest BCUT2D eigenvalue weighted by Gasteiger charge is 2.17. The van der Waals surface area contributed by atoms with E-state index in [-0.39, 0.29) is 17.3 Å². The highest BCUT2D eigenvalue weighted by molar-refractivity contribution is 9.11. The Bertz CT molecular complexity index is 1820. The van der Waals surface area contributed by atoms with Gasteiger partial charge in [0.2, 0.25) is 0 Å². The van der Waals surface area contributed by atoms with Crippen molar-refractivity contribution in [1.82, 2.24) is 9.66 Å². The van der Waals surface area contributed by atoms with Gasteiger partial charge in [-0.15, -0.1) is 0 Å². The molecule has 0 aliphatic rings. The molecule has 5 rings (SSSR count). The van der Waals surface area contributed by atoms with E-state index in [0.29, 0.717) is 36.5 Å². The average molecular weight is 648 g/mol. The molecule has 0 spiro atoms. The first-order valence-electron chi connectivity index (χ1n) is 11.4. The molecular formula is C28H16Br2N4O5. The van der Waals surface area contributed by atoms with Crippen LogP contribution in [0.25, 0.3) is 22.3 Å². The van der Waals surface area contributed by atoms with Crippen molar-refractivity contribution >= 4 is 60.6 Å². The van der Waals surface area contributed by atoms with Crippen molar-refractivity contribution in [3.8, 4) is 17.1 Å². The molecule has 0 aliphatic carbocycles. The van der Waals surface area contributed by atoms with Crippen LogP contribution in [0.4, 0.5) is 5.69 Å². The minimum Gasteiger partial charge on any atom is -0.421 e. The van der Waals surface area contributed by atoms with Gasteiger partial charge in [-0.25, -0.2) is 9.78 Å². The highest BCUT2D eigenvalue weighted by atomic mass is 79.9. The first-order chi connectivity index (χ1) is 18.8. The lowest BCUT2D eigenvalue weighted by atomic mass is 10.1. The quantitative estimate of drug-likeness (QED) is 0.0674. The SMILES string of the molecule is O=C(Oc1c(Br)cc(Br)cc1C=Nn1c(-c2ccc([N+](=O)[O-])cc2)nc2ccccc2c1=O)c1ccccc1. The molecular weight excluding hydrogens is 632 g/mol. The Morgan fingerprint density at radius 1 is 0.974 bits per heavy atom. The van der Waals surface area contributed by atoms with Gasteiger partial charge in [-0.3, -0.25) is 14.9 Å². The van der Waals surface area contributed by atoms with Crippen molar-refractivity contribution < 1.29 is 14.5 Å². The Morgan fingerprint density at radius 3 is 2.38 bits per heavy atom. The third-order valence-electron chi connectivity index (χ3n) is 5.64. The topological polar surface area (TPSA) is 117 Å². The van der Waals surface area contributed by atoms with Crippen molar-refractivity contribution in [1.29, 1.82) is 0 Å². The van der Waals surface area contributed by atoms with Crippen LogP contribution in [0.5, 0.6) is 5.75 Å². The summed E-state index contributed by atoms with van der Waals surface area (Å²) in [5.74, 6) is -0.180. The molecule has 0 unspecified atom stereocenters. The van der Waals surface area contributed by atoms with Gasteiger partial charge in [-0.1, -0.05) is 46.3 Å². The molecule has 0 atom stereocenters. The number of carbonyl (C=O) groups is 1. The Balaban J connectivity index is 1.63. The largest absolute Gasteiger partial charge is 0.421 e. The van der Waals surface area contributed by atoms with E-state index in [1.165, 1.54) is 30.5 Å². The van der Waals surface area contributed by atoms with Crippen molar-refractivity contribution in [2.75, 3.05) is 0 Å². The first-order valence-corrected chi connectivity index (χ1v) is 13.0. The zero-order valence-electron chi connectivity index (χ0n) is 19.8. The Kier molecular flexibility index (Phi) is 7.44. The number of halogens is 2. The Labute approximate surface area is 237 Å². The van der Waals surface area contributed by atoms with E-state index in [4.69, 9.17) is 4.74 Å². The lowest BCUT2D eigenvalue weighted by molar-refractivity contribution is -0.384. The number of aromatic nitrogens is 2. The second-order valence-electron chi connectivity index (χ2n) is 8.18. The number of benzene rings is 4. The number of nitro groups is 1. The van der Waals surface area contributed by atoms with Crippen molar-refractivity contribution in [3.05, 3.63) is 132 Å². The van der Waals surface area contributed by atoms with Crippen LogP contribution < -0.4 is 10.3 Å². The summed E-state index contributed by atoms with van der Waals surface area (Å²) >= 11 is 6.87. The number of nitrogens with zero attached hydrogens (tertiary/aromatic N) is 4. The maximum Gasteiger partial charge on any atom is 0.343 e. The molecule has 11 heteroatoms. The third kappa shape index (κ3) is 5.54. The molecule has 0 saturated carbocycles. The van der Waals surface area contributed by atoms with Gasteiger partial charge in [0.25, 0.3) is 11.2 Å². The van der Waals surface area contributed by atoms with E-state index in [1.807, 2.05) is 0 Å². The molecule has 1 aromatic heterocycles. The zero-order chi connectivity index (χ0) is 27.5. The summed E-state index contributed by atoms with van der Waals surface area (Å²) in [7, 11) is 0. The van der Waals surface area contributed by atoms with E-state index in [9.17, 15) is 19.7 Å². The van der Waals surface area contributed by atoms with Crippen LogP contribution in [0, 0.1) is 10.1 Å². The number of ether oxygens (including phenoxy) is 1. The average Bonchev–Trinajstić information content (AvgIpc) is 2.94. The maximum atomic E-state index is 13.5. The molecule has 0 saturated heterocycles. The smallest absolute Gasteiger partial charge is 0.343 e. The Morgan fingerprint density at radius 2 is 1.67 bits per heavy atom. The number of non-ortho nitro benzene ring substituents is 1. The molecule has 192 valence electrons. The van der Waals surface area contributed by atoms with E-state index in [2.05, 4.69) is 41.9 Å². The second-order valence-corrected chi connectivity index (χ2v) is 9.95. The van der Waals surface area contributed by atoms with E-state index < -0.39 is 16.5 Å². The van der Waals surface area contributed by atoms with Gasteiger partial charge in [0.1, 0.15) is 0 Å². The van der Waals surface area contributed by atoms with Gasteiger partial charge in [-0.05, 0) is 64.5 Å². The number of hydrogen-bond donors (Lipinski definition) is 0. The van der Waals surface area contributed by atoms with Gasteiger partial charge in [0, 0.05) is 27.7 Å². The normalized spacial score (nSPS) is 11.1. The van der Waals surface area contributed by atoms with Crippen LogP contribution in [0.15, 0.2) is 110 Å². The lowest BCUT2D eigenvalue weighted by Crippen LogP contribution is -2.20. The van der Waals surface area contributed by atoms with Crippen LogP contribution in [-0.4, -0.2) is 26.8 Å². The van der Waals surface area contributed by atoms with Gasteiger partial charge >= 0.3 is 5.97 Å². The van der Waals surface area contributed by atoms with Crippen LogP contribution >= 0.6 is 31.9 Å². The van der Waals surface area contributed by atoms with E-state index >= 15 is 0 Å². The second kappa shape index (κ2) is 11.1. The fourth-order valence-corrected chi connectivity index (χ4v) is 5.12. The molecule has 0 N–H and O–H groups in total. The number of fused-ring (bicyclic) bond motifs is 1. The van der Waals surface area contributed by atoms with Crippen molar-refractivity contribution in [2.45, 2.75) is 0 Å². The minimum absolute atomic E-state index is 0.0965. The highest BCUT2D eigenvalue weighted by Crippen LogP contribution is 2.33. The summed E-state index contributed by atoms with van der Waals surface area (Å²) < 4.78 is 7.97. The number of nitro benzene ring substituents is 1. The third-order valence-corrected chi connectivity index (χ3v) is 6.69. The molecule has 1 heterocycles. The number of carbonyl (C=O) groups excluding carboxylic acids is 1. The number of esters is 1.